The summed E-state index contributed by atoms with van der Waals surface area (Å²) >= 11 is 2.02. The van der Waals surface area contributed by atoms with Crippen LogP contribution in [0.5, 0.6) is 5.75 Å². The minimum absolute atomic E-state index is 0.611. The second-order valence-electron chi connectivity index (χ2n) is 4.49. The van der Waals surface area contributed by atoms with Crippen LogP contribution in [0.25, 0.3) is 0 Å². The molecule has 0 spiro atoms. The molecule has 3 nitrogen and oxygen atoms in total. The standard InChI is InChI=1S/C15H19NO2S/c16-12-13-4-1-2-5-15(13)18-8-3-11-19-14-6-9-17-10-7-14/h1-2,4-5,14H,3,6-11H2. The highest BCUT2D eigenvalue weighted by molar-refractivity contribution is 7.99. The molecule has 1 aromatic carbocycles. The molecular formula is C15H19NO2S. The van der Waals surface area contributed by atoms with Crippen LogP contribution in [0, 0.1) is 11.3 Å². The number of nitrogens with zero attached hydrogens (tertiary/aromatic N) is 1. The first-order valence-electron chi connectivity index (χ1n) is 6.71. The normalized spacial score (nSPS) is 15.9. The SMILES string of the molecule is N#Cc1ccccc1OCCCSC1CCOCC1. The van der Waals surface area contributed by atoms with Crippen molar-refractivity contribution in [2.24, 2.45) is 0 Å². The molecule has 0 unspecified atom stereocenters. The van der Waals surface area contributed by atoms with Crippen molar-refractivity contribution in [3.8, 4) is 11.8 Å². The topological polar surface area (TPSA) is 42.2 Å². The minimum Gasteiger partial charge on any atom is -0.492 e. The Kier molecular flexibility index (Phi) is 6.06. The largest absolute Gasteiger partial charge is 0.492 e. The van der Waals surface area contributed by atoms with Crippen LogP contribution in [0.2, 0.25) is 0 Å². The third-order valence-electron chi connectivity index (χ3n) is 3.08. The van der Waals surface area contributed by atoms with E-state index in [-0.39, 0.29) is 0 Å². The zero-order valence-electron chi connectivity index (χ0n) is 11.0. The zero-order valence-corrected chi connectivity index (χ0v) is 11.8. The highest BCUT2D eigenvalue weighted by atomic mass is 32.2. The van der Waals surface area contributed by atoms with E-state index >= 15 is 0 Å². The number of nitriles is 1. The maximum atomic E-state index is 8.95. The van der Waals surface area contributed by atoms with Gasteiger partial charge in [-0.3, -0.25) is 0 Å². The van der Waals surface area contributed by atoms with Crippen molar-refractivity contribution in [1.29, 1.82) is 5.26 Å². The summed E-state index contributed by atoms with van der Waals surface area (Å²) in [5, 5.41) is 9.70. The molecule has 1 fully saturated rings. The number of benzene rings is 1. The first kappa shape index (κ1) is 14.2. The number of hydrogen-bond donors (Lipinski definition) is 0. The lowest BCUT2D eigenvalue weighted by Crippen LogP contribution is -2.18. The van der Waals surface area contributed by atoms with Crippen molar-refractivity contribution in [2.45, 2.75) is 24.5 Å². The lowest BCUT2D eigenvalue weighted by Gasteiger charge is -2.21. The van der Waals surface area contributed by atoms with E-state index in [1.807, 2.05) is 30.0 Å². The van der Waals surface area contributed by atoms with E-state index in [0.717, 1.165) is 30.6 Å². The van der Waals surface area contributed by atoms with Gasteiger partial charge < -0.3 is 9.47 Å². The molecule has 0 amide bonds. The zero-order chi connectivity index (χ0) is 13.3. The van der Waals surface area contributed by atoms with Gasteiger partial charge in [0.1, 0.15) is 11.8 Å². The Hall–Kier alpha value is -1.18. The van der Waals surface area contributed by atoms with Gasteiger partial charge in [0, 0.05) is 18.5 Å². The fourth-order valence-corrected chi connectivity index (χ4v) is 3.16. The van der Waals surface area contributed by atoms with Crippen molar-refractivity contribution in [2.75, 3.05) is 25.6 Å². The molecule has 4 heteroatoms. The van der Waals surface area contributed by atoms with Gasteiger partial charge in [0.05, 0.1) is 12.2 Å². The average molecular weight is 277 g/mol. The second kappa shape index (κ2) is 8.08. The quantitative estimate of drug-likeness (QED) is 0.749. The minimum atomic E-state index is 0.611. The summed E-state index contributed by atoms with van der Waals surface area (Å²) in [6.07, 6.45) is 3.35. The highest BCUT2D eigenvalue weighted by Crippen LogP contribution is 2.23. The summed E-state index contributed by atoms with van der Waals surface area (Å²) in [6, 6.07) is 9.53. The fourth-order valence-electron chi connectivity index (χ4n) is 2.02. The van der Waals surface area contributed by atoms with Crippen LogP contribution in [0.3, 0.4) is 0 Å². The third-order valence-corrected chi connectivity index (χ3v) is 4.54. The Morgan fingerprint density at radius 1 is 1.32 bits per heavy atom. The van der Waals surface area contributed by atoms with Gasteiger partial charge >= 0.3 is 0 Å². The van der Waals surface area contributed by atoms with Crippen LogP contribution < -0.4 is 4.74 Å². The molecule has 0 bridgehead atoms. The van der Waals surface area contributed by atoms with Crippen molar-refractivity contribution in [3.05, 3.63) is 29.8 Å². The number of thioether (sulfide) groups is 1. The van der Waals surface area contributed by atoms with E-state index in [1.165, 1.54) is 12.8 Å². The van der Waals surface area contributed by atoms with Crippen LogP contribution >= 0.6 is 11.8 Å². The Morgan fingerprint density at radius 3 is 2.89 bits per heavy atom. The first-order valence-corrected chi connectivity index (χ1v) is 7.76. The Morgan fingerprint density at radius 2 is 2.11 bits per heavy atom. The molecule has 19 heavy (non-hydrogen) atoms. The van der Waals surface area contributed by atoms with E-state index in [1.54, 1.807) is 6.07 Å². The molecule has 0 aliphatic carbocycles. The van der Waals surface area contributed by atoms with Crippen LogP contribution in [0.4, 0.5) is 0 Å². The Balaban J connectivity index is 1.62. The highest BCUT2D eigenvalue weighted by Gasteiger charge is 2.13. The molecule has 1 heterocycles. The summed E-state index contributed by atoms with van der Waals surface area (Å²) in [6.45, 7) is 2.49. The van der Waals surface area contributed by atoms with Crippen molar-refractivity contribution in [1.82, 2.24) is 0 Å². The molecule has 1 aliphatic rings. The van der Waals surface area contributed by atoms with Gasteiger partial charge in [0.2, 0.25) is 0 Å². The molecule has 102 valence electrons. The summed E-state index contributed by atoms with van der Waals surface area (Å²) in [7, 11) is 0. The molecule has 0 saturated carbocycles. The molecule has 1 saturated heterocycles. The van der Waals surface area contributed by atoms with Crippen molar-refractivity contribution >= 4 is 11.8 Å². The lowest BCUT2D eigenvalue weighted by molar-refractivity contribution is 0.1000. The summed E-state index contributed by atoms with van der Waals surface area (Å²) in [4.78, 5) is 0. The summed E-state index contributed by atoms with van der Waals surface area (Å²) in [5.74, 6) is 1.81. The van der Waals surface area contributed by atoms with Crippen molar-refractivity contribution < 1.29 is 9.47 Å². The number of ether oxygens (including phenoxy) is 2. The van der Waals surface area contributed by atoms with E-state index in [9.17, 15) is 0 Å². The van der Waals surface area contributed by atoms with Crippen LogP contribution in [-0.4, -0.2) is 30.8 Å². The van der Waals surface area contributed by atoms with Gasteiger partial charge in [-0.2, -0.15) is 17.0 Å². The molecule has 0 aromatic heterocycles. The second-order valence-corrected chi connectivity index (χ2v) is 5.90. The van der Waals surface area contributed by atoms with E-state index in [4.69, 9.17) is 14.7 Å². The van der Waals surface area contributed by atoms with E-state index < -0.39 is 0 Å². The van der Waals surface area contributed by atoms with Gasteiger partial charge in [-0.1, -0.05) is 12.1 Å². The first-order chi connectivity index (χ1) is 9.40. The van der Waals surface area contributed by atoms with Crippen LogP contribution in [0.1, 0.15) is 24.8 Å². The van der Waals surface area contributed by atoms with Crippen LogP contribution in [-0.2, 0) is 4.74 Å². The van der Waals surface area contributed by atoms with Gasteiger partial charge in [-0.25, -0.2) is 0 Å². The van der Waals surface area contributed by atoms with E-state index in [2.05, 4.69) is 6.07 Å². The molecular weight excluding hydrogens is 258 g/mol. The van der Waals surface area contributed by atoms with Crippen LogP contribution in [0.15, 0.2) is 24.3 Å². The van der Waals surface area contributed by atoms with E-state index in [0.29, 0.717) is 17.9 Å². The molecule has 0 atom stereocenters. The summed E-state index contributed by atoms with van der Waals surface area (Å²) < 4.78 is 11.0. The molecule has 0 N–H and O–H groups in total. The number of rotatable bonds is 6. The molecule has 0 radical (unpaired) electrons. The van der Waals surface area contributed by atoms with Gasteiger partial charge in [-0.15, -0.1) is 0 Å². The predicted octanol–water partition coefficient (Wildman–Crippen LogP) is 3.24. The average Bonchev–Trinajstić information content (AvgIpc) is 2.48. The maximum Gasteiger partial charge on any atom is 0.137 e. The number of para-hydroxylation sites is 1. The third kappa shape index (κ3) is 4.77. The maximum absolute atomic E-state index is 8.95. The molecule has 1 aromatic rings. The van der Waals surface area contributed by atoms with Gasteiger partial charge in [0.15, 0.2) is 0 Å². The summed E-state index contributed by atoms with van der Waals surface area (Å²) in [5.41, 5.74) is 0.611. The van der Waals surface area contributed by atoms with Gasteiger partial charge in [0.25, 0.3) is 0 Å². The van der Waals surface area contributed by atoms with Crippen molar-refractivity contribution in [3.63, 3.8) is 0 Å². The smallest absolute Gasteiger partial charge is 0.137 e. The lowest BCUT2D eigenvalue weighted by atomic mass is 10.2. The Labute approximate surface area is 118 Å². The Bertz CT molecular complexity index is 424. The molecule has 2 rings (SSSR count). The predicted molar refractivity (Wildman–Crippen MR) is 77.6 cm³/mol. The van der Waals surface area contributed by atoms with Gasteiger partial charge in [-0.05, 0) is 37.1 Å². The monoisotopic (exact) mass is 277 g/mol. The number of hydrogen-bond acceptors (Lipinski definition) is 4. The molecule has 1 aliphatic heterocycles. The fraction of sp³-hybridized carbons (Fsp3) is 0.533.